The smallest absolute Gasteiger partial charge is 0.267 e. The van der Waals surface area contributed by atoms with Crippen molar-refractivity contribution >= 4 is 21.6 Å². The zero-order chi connectivity index (χ0) is 15.2. The van der Waals surface area contributed by atoms with E-state index in [4.69, 9.17) is 0 Å². The Hall–Kier alpha value is -1.49. The number of hydrogen-bond donors (Lipinski definition) is 0. The van der Waals surface area contributed by atoms with Crippen molar-refractivity contribution in [3.05, 3.63) is 33.4 Å². The van der Waals surface area contributed by atoms with Gasteiger partial charge in [0.25, 0.3) is 5.56 Å². The minimum absolute atomic E-state index is 0.0217. The quantitative estimate of drug-likeness (QED) is 0.801. The highest BCUT2D eigenvalue weighted by Gasteiger charge is 2.31. The van der Waals surface area contributed by atoms with Crippen molar-refractivity contribution in [2.75, 3.05) is 0 Å². The fourth-order valence-electron chi connectivity index (χ4n) is 3.11. The summed E-state index contributed by atoms with van der Waals surface area (Å²) in [7, 11) is 0. The van der Waals surface area contributed by atoms with Crippen LogP contribution in [0.25, 0.3) is 10.2 Å². The van der Waals surface area contributed by atoms with Crippen molar-refractivity contribution in [2.24, 2.45) is 11.3 Å². The van der Waals surface area contributed by atoms with Gasteiger partial charge >= 0.3 is 0 Å². The standard InChI is InChI=1S/C16H21N3OS/c1-5-8-19-15(20)13-11-7-6-10(16(2,3)4)9-12(11)21-14(13)17-18-19/h5,10H,1,6-9H2,2-4H3/t10-/m0/s1. The molecule has 3 rings (SSSR count). The summed E-state index contributed by atoms with van der Waals surface area (Å²) in [6, 6.07) is 0. The molecule has 1 aliphatic rings. The van der Waals surface area contributed by atoms with Crippen LogP contribution in [0.3, 0.4) is 0 Å². The maximum Gasteiger partial charge on any atom is 0.279 e. The zero-order valence-electron chi connectivity index (χ0n) is 12.8. The summed E-state index contributed by atoms with van der Waals surface area (Å²) in [4.78, 5) is 14.7. The fourth-order valence-corrected chi connectivity index (χ4v) is 4.34. The minimum atomic E-state index is -0.0217. The maximum atomic E-state index is 12.5. The van der Waals surface area contributed by atoms with Crippen LogP contribution in [0, 0.1) is 11.3 Å². The van der Waals surface area contributed by atoms with E-state index < -0.39 is 0 Å². The van der Waals surface area contributed by atoms with E-state index in [2.05, 4.69) is 37.7 Å². The lowest BCUT2D eigenvalue weighted by atomic mass is 9.72. The highest BCUT2D eigenvalue weighted by atomic mass is 32.1. The van der Waals surface area contributed by atoms with Gasteiger partial charge in [0, 0.05) is 4.88 Å². The van der Waals surface area contributed by atoms with Gasteiger partial charge in [0.2, 0.25) is 0 Å². The number of aryl methyl sites for hydroxylation is 1. The average Bonchev–Trinajstić information content (AvgIpc) is 2.79. The number of allylic oxidation sites excluding steroid dienone is 1. The molecule has 0 bridgehead atoms. The van der Waals surface area contributed by atoms with Crippen molar-refractivity contribution in [1.29, 1.82) is 0 Å². The van der Waals surface area contributed by atoms with E-state index in [0.29, 0.717) is 17.9 Å². The van der Waals surface area contributed by atoms with Gasteiger partial charge in [0.05, 0.1) is 11.9 Å². The van der Waals surface area contributed by atoms with Crippen LogP contribution in [-0.4, -0.2) is 15.0 Å². The highest BCUT2D eigenvalue weighted by Crippen LogP contribution is 2.41. The first kappa shape index (κ1) is 14.4. The number of fused-ring (bicyclic) bond motifs is 3. The molecule has 2 aromatic heterocycles. The molecule has 5 heteroatoms. The van der Waals surface area contributed by atoms with Crippen molar-refractivity contribution in [3.8, 4) is 0 Å². The first-order chi connectivity index (χ1) is 9.91. The molecule has 0 amide bonds. The third-order valence-electron chi connectivity index (χ3n) is 4.47. The van der Waals surface area contributed by atoms with Gasteiger partial charge in [-0.15, -0.1) is 23.0 Å². The molecule has 0 N–H and O–H groups in total. The predicted octanol–water partition coefficient (Wildman–Crippen LogP) is 3.19. The van der Waals surface area contributed by atoms with Crippen LogP contribution in [0.4, 0.5) is 0 Å². The van der Waals surface area contributed by atoms with Crippen LogP contribution in [0.2, 0.25) is 0 Å². The fraction of sp³-hybridized carbons (Fsp3) is 0.562. The van der Waals surface area contributed by atoms with E-state index in [0.717, 1.165) is 29.5 Å². The lowest BCUT2D eigenvalue weighted by Crippen LogP contribution is -2.27. The molecule has 112 valence electrons. The largest absolute Gasteiger partial charge is 0.279 e. The second-order valence-electron chi connectivity index (χ2n) is 6.86. The second-order valence-corrected chi connectivity index (χ2v) is 7.94. The van der Waals surface area contributed by atoms with E-state index in [-0.39, 0.29) is 5.56 Å². The SMILES string of the molecule is C=CCn1nnc2sc3c(c2c1=O)CC[C@H](C(C)(C)C)C3. The Bertz CT molecular complexity index is 751. The van der Waals surface area contributed by atoms with Crippen LogP contribution in [-0.2, 0) is 19.4 Å². The molecule has 2 heterocycles. The second kappa shape index (κ2) is 5.05. The number of hydrogen-bond acceptors (Lipinski definition) is 4. The van der Waals surface area contributed by atoms with E-state index in [1.807, 2.05) is 0 Å². The zero-order valence-corrected chi connectivity index (χ0v) is 13.7. The molecule has 0 aliphatic heterocycles. The summed E-state index contributed by atoms with van der Waals surface area (Å²) in [5.41, 5.74) is 1.50. The number of thiophene rings is 1. The number of rotatable bonds is 2. The number of aromatic nitrogens is 3. The molecule has 0 aromatic carbocycles. The first-order valence-electron chi connectivity index (χ1n) is 7.40. The van der Waals surface area contributed by atoms with E-state index >= 15 is 0 Å². The Morgan fingerprint density at radius 3 is 2.90 bits per heavy atom. The van der Waals surface area contributed by atoms with Crippen LogP contribution in [0.1, 0.15) is 37.6 Å². The van der Waals surface area contributed by atoms with E-state index in [1.54, 1.807) is 17.4 Å². The normalized spacial score (nSPS) is 18.7. The minimum Gasteiger partial charge on any atom is -0.267 e. The number of nitrogens with zero attached hydrogens (tertiary/aromatic N) is 3. The molecule has 0 fully saturated rings. The Morgan fingerprint density at radius 2 is 2.24 bits per heavy atom. The summed E-state index contributed by atoms with van der Waals surface area (Å²) in [5, 5.41) is 9.03. The van der Waals surface area contributed by atoms with Crippen molar-refractivity contribution in [2.45, 2.75) is 46.6 Å². The van der Waals surface area contributed by atoms with Crippen molar-refractivity contribution in [1.82, 2.24) is 15.0 Å². The summed E-state index contributed by atoms with van der Waals surface area (Å²) >= 11 is 1.65. The van der Waals surface area contributed by atoms with Gasteiger partial charge in [-0.25, -0.2) is 4.68 Å². The maximum absolute atomic E-state index is 12.5. The third kappa shape index (κ3) is 2.44. The molecule has 1 aliphatic carbocycles. The Balaban J connectivity index is 2.10. The Morgan fingerprint density at radius 1 is 1.48 bits per heavy atom. The van der Waals surface area contributed by atoms with Gasteiger partial charge in [0.15, 0.2) is 4.83 Å². The Labute approximate surface area is 128 Å². The summed E-state index contributed by atoms with van der Waals surface area (Å²) in [6.45, 7) is 11.0. The molecule has 0 saturated carbocycles. The molecule has 0 saturated heterocycles. The Kier molecular flexibility index (Phi) is 3.48. The molecule has 2 aromatic rings. The topological polar surface area (TPSA) is 47.8 Å². The van der Waals surface area contributed by atoms with E-state index in [1.165, 1.54) is 15.1 Å². The van der Waals surface area contributed by atoms with Crippen LogP contribution in [0.5, 0.6) is 0 Å². The molecule has 0 spiro atoms. The molecule has 4 nitrogen and oxygen atoms in total. The molecule has 0 unspecified atom stereocenters. The molecular weight excluding hydrogens is 282 g/mol. The third-order valence-corrected chi connectivity index (χ3v) is 5.60. The predicted molar refractivity (Wildman–Crippen MR) is 86.8 cm³/mol. The monoisotopic (exact) mass is 303 g/mol. The van der Waals surface area contributed by atoms with Crippen LogP contribution < -0.4 is 5.56 Å². The van der Waals surface area contributed by atoms with Crippen LogP contribution >= 0.6 is 11.3 Å². The van der Waals surface area contributed by atoms with Gasteiger partial charge in [-0.3, -0.25) is 4.79 Å². The first-order valence-corrected chi connectivity index (χ1v) is 8.22. The van der Waals surface area contributed by atoms with Gasteiger partial charge in [-0.2, -0.15) is 0 Å². The van der Waals surface area contributed by atoms with Gasteiger partial charge in [0.1, 0.15) is 0 Å². The summed E-state index contributed by atoms with van der Waals surface area (Å²) in [5.74, 6) is 0.668. The lowest BCUT2D eigenvalue weighted by Gasteiger charge is -2.33. The highest BCUT2D eigenvalue weighted by molar-refractivity contribution is 7.18. The average molecular weight is 303 g/mol. The summed E-state index contributed by atoms with van der Waals surface area (Å²) < 4.78 is 1.40. The van der Waals surface area contributed by atoms with Crippen molar-refractivity contribution in [3.63, 3.8) is 0 Å². The molecule has 21 heavy (non-hydrogen) atoms. The van der Waals surface area contributed by atoms with Crippen molar-refractivity contribution < 1.29 is 0 Å². The molecule has 0 radical (unpaired) electrons. The molecular formula is C16H21N3OS. The van der Waals surface area contributed by atoms with Crippen LogP contribution in [0.15, 0.2) is 17.4 Å². The summed E-state index contributed by atoms with van der Waals surface area (Å²) in [6.07, 6.45) is 4.86. The lowest BCUT2D eigenvalue weighted by molar-refractivity contribution is 0.218. The van der Waals surface area contributed by atoms with Gasteiger partial charge in [-0.05, 0) is 36.2 Å². The van der Waals surface area contributed by atoms with Gasteiger partial charge in [-0.1, -0.05) is 32.1 Å². The van der Waals surface area contributed by atoms with E-state index in [9.17, 15) is 4.79 Å². The van der Waals surface area contributed by atoms with Gasteiger partial charge < -0.3 is 0 Å². The molecule has 1 atom stereocenters.